The van der Waals surface area contributed by atoms with Crippen LogP contribution in [0.4, 0.5) is 10.8 Å². The normalized spacial score (nSPS) is 16.2. The van der Waals surface area contributed by atoms with E-state index in [0.717, 1.165) is 23.1 Å². The largest absolute Gasteiger partial charge is 0.399 e. The highest BCUT2D eigenvalue weighted by atomic mass is 32.1. The summed E-state index contributed by atoms with van der Waals surface area (Å²) in [5.41, 5.74) is 7.28. The molecule has 1 aromatic heterocycles. The predicted molar refractivity (Wildman–Crippen MR) is 85.5 cm³/mol. The van der Waals surface area contributed by atoms with E-state index in [1.165, 1.54) is 30.6 Å². The molecule has 0 radical (unpaired) electrons. The summed E-state index contributed by atoms with van der Waals surface area (Å²) in [5.74, 6) is -0.146. The minimum absolute atomic E-state index is 0.0999. The fourth-order valence-corrected chi connectivity index (χ4v) is 3.51. The van der Waals surface area contributed by atoms with Crippen molar-refractivity contribution in [1.29, 1.82) is 0 Å². The summed E-state index contributed by atoms with van der Waals surface area (Å²) in [7, 11) is 0. The van der Waals surface area contributed by atoms with Crippen LogP contribution < -0.4 is 11.1 Å². The molecule has 112 valence electrons. The van der Waals surface area contributed by atoms with Gasteiger partial charge in [-0.25, -0.2) is 4.98 Å². The molecule has 0 aliphatic heterocycles. The maximum absolute atomic E-state index is 11.9. The quantitative estimate of drug-likeness (QED) is 0.851. The molecule has 2 aromatic rings. The highest BCUT2D eigenvalue weighted by Gasteiger charge is 2.15. The number of ether oxygens (including phenoxy) is 1. The number of carbonyl (C=O) groups excluding carboxylic acids is 1. The first-order valence-corrected chi connectivity index (χ1v) is 8.10. The highest BCUT2D eigenvalue weighted by Crippen LogP contribution is 2.27. The van der Waals surface area contributed by atoms with E-state index in [1.807, 2.05) is 12.1 Å². The predicted octanol–water partition coefficient (Wildman–Crippen LogP) is 3.17. The molecule has 21 heavy (non-hydrogen) atoms. The molecule has 0 atom stereocenters. The monoisotopic (exact) mass is 305 g/mol. The van der Waals surface area contributed by atoms with Crippen molar-refractivity contribution in [1.82, 2.24) is 4.98 Å². The Hall–Kier alpha value is -1.66. The molecule has 1 saturated carbocycles. The number of rotatable bonds is 4. The van der Waals surface area contributed by atoms with Crippen LogP contribution in [0.15, 0.2) is 18.2 Å². The number of benzene rings is 1. The number of thiazole rings is 1. The fourth-order valence-electron chi connectivity index (χ4n) is 2.58. The van der Waals surface area contributed by atoms with Crippen molar-refractivity contribution >= 4 is 38.3 Å². The van der Waals surface area contributed by atoms with Crippen LogP contribution in [0.5, 0.6) is 0 Å². The number of amides is 1. The van der Waals surface area contributed by atoms with E-state index in [9.17, 15) is 4.79 Å². The first-order chi connectivity index (χ1) is 10.2. The smallest absolute Gasteiger partial charge is 0.252 e. The first kappa shape index (κ1) is 14.3. The van der Waals surface area contributed by atoms with Crippen LogP contribution in [0, 0.1) is 0 Å². The summed E-state index contributed by atoms with van der Waals surface area (Å²) in [6, 6.07) is 5.52. The van der Waals surface area contributed by atoms with Gasteiger partial charge in [-0.3, -0.25) is 10.1 Å². The molecule has 1 fully saturated rings. The number of carbonyl (C=O) groups is 1. The molecule has 0 spiro atoms. The van der Waals surface area contributed by atoms with Gasteiger partial charge in [0.2, 0.25) is 0 Å². The Labute approximate surface area is 127 Å². The molecule has 6 heteroatoms. The molecule has 1 aliphatic rings. The van der Waals surface area contributed by atoms with E-state index in [0.29, 0.717) is 10.8 Å². The van der Waals surface area contributed by atoms with Gasteiger partial charge < -0.3 is 10.5 Å². The average molecular weight is 305 g/mol. The van der Waals surface area contributed by atoms with Crippen molar-refractivity contribution in [2.75, 3.05) is 17.7 Å². The lowest BCUT2D eigenvalue weighted by molar-refractivity contribution is -0.123. The van der Waals surface area contributed by atoms with Gasteiger partial charge in [0.1, 0.15) is 6.61 Å². The third-order valence-corrected chi connectivity index (χ3v) is 4.59. The summed E-state index contributed by atoms with van der Waals surface area (Å²) in [5, 5.41) is 3.38. The Morgan fingerprint density at radius 2 is 2.19 bits per heavy atom. The van der Waals surface area contributed by atoms with E-state index < -0.39 is 0 Å². The molecule has 1 heterocycles. The van der Waals surface area contributed by atoms with Crippen molar-refractivity contribution in [2.45, 2.75) is 38.2 Å². The number of nitrogens with two attached hydrogens (primary N) is 1. The third-order valence-electron chi connectivity index (χ3n) is 3.66. The minimum atomic E-state index is -0.146. The Morgan fingerprint density at radius 1 is 1.38 bits per heavy atom. The number of nitrogens with zero attached hydrogens (tertiary/aromatic N) is 1. The van der Waals surface area contributed by atoms with E-state index in [-0.39, 0.29) is 18.6 Å². The molecule has 1 amide bonds. The standard InChI is InChI=1S/C15H19N3O2S/c16-10-6-7-12-13(8-10)21-15(17-12)18-14(19)9-20-11-4-2-1-3-5-11/h6-8,11H,1-5,9,16H2,(H,17,18,19). The zero-order chi connectivity index (χ0) is 14.7. The lowest BCUT2D eigenvalue weighted by Crippen LogP contribution is -2.24. The summed E-state index contributed by atoms with van der Waals surface area (Å²) < 4.78 is 6.63. The molecule has 5 nitrogen and oxygen atoms in total. The Morgan fingerprint density at radius 3 is 3.00 bits per heavy atom. The Bertz CT molecular complexity index is 635. The van der Waals surface area contributed by atoms with Gasteiger partial charge in [-0.15, -0.1) is 0 Å². The summed E-state index contributed by atoms with van der Waals surface area (Å²) >= 11 is 1.42. The SMILES string of the molecule is Nc1ccc2nc(NC(=O)COC3CCCCC3)sc2c1. The number of hydrogen-bond acceptors (Lipinski definition) is 5. The van der Waals surface area contributed by atoms with Gasteiger partial charge in [-0.05, 0) is 31.0 Å². The zero-order valence-corrected chi connectivity index (χ0v) is 12.6. The first-order valence-electron chi connectivity index (χ1n) is 7.28. The van der Waals surface area contributed by atoms with E-state index in [4.69, 9.17) is 10.5 Å². The van der Waals surface area contributed by atoms with E-state index in [1.54, 1.807) is 6.07 Å². The molecule has 1 aromatic carbocycles. The number of fused-ring (bicyclic) bond motifs is 1. The van der Waals surface area contributed by atoms with Crippen LogP contribution in [-0.4, -0.2) is 23.6 Å². The van der Waals surface area contributed by atoms with Crippen molar-refractivity contribution in [3.05, 3.63) is 18.2 Å². The molecule has 0 bridgehead atoms. The lowest BCUT2D eigenvalue weighted by atomic mass is 9.98. The van der Waals surface area contributed by atoms with Gasteiger partial charge in [-0.2, -0.15) is 0 Å². The highest BCUT2D eigenvalue weighted by molar-refractivity contribution is 7.22. The second-order valence-corrected chi connectivity index (χ2v) is 6.40. The van der Waals surface area contributed by atoms with Crippen LogP contribution in [-0.2, 0) is 9.53 Å². The molecular weight excluding hydrogens is 286 g/mol. The number of nitrogen functional groups attached to an aromatic ring is 1. The van der Waals surface area contributed by atoms with Crippen molar-refractivity contribution in [3.8, 4) is 0 Å². The maximum Gasteiger partial charge on any atom is 0.252 e. The van der Waals surface area contributed by atoms with Crippen LogP contribution in [0.25, 0.3) is 10.2 Å². The van der Waals surface area contributed by atoms with Gasteiger partial charge in [0, 0.05) is 5.69 Å². The number of nitrogens with one attached hydrogen (secondary N) is 1. The summed E-state index contributed by atoms with van der Waals surface area (Å²) in [6.45, 7) is 0.0999. The number of aromatic nitrogens is 1. The van der Waals surface area contributed by atoms with E-state index >= 15 is 0 Å². The second-order valence-electron chi connectivity index (χ2n) is 5.37. The fraction of sp³-hybridized carbons (Fsp3) is 0.467. The molecule has 0 saturated heterocycles. The number of anilines is 2. The van der Waals surface area contributed by atoms with Gasteiger partial charge in [0.25, 0.3) is 5.91 Å². The minimum Gasteiger partial charge on any atom is -0.399 e. The van der Waals surface area contributed by atoms with Crippen LogP contribution >= 0.6 is 11.3 Å². The molecule has 3 rings (SSSR count). The van der Waals surface area contributed by atoms with Crippen molar-refractivity contribution in [3.63, 3.8) is 0 Å². The molecule has 3 N–H and O–H groups in total. The Kier molecular flexibility index (Phi) is 4.36. The molecular formula is C15H19N3O2S. The number of hydrogen-bond donors (Lipinski definition) is 2. The lowest BCUT2D eigenvalue weighted by Gasteiger charge is -2.21. The Balaban J connectivity index is 1.55. The summed E-state index contributed by atoms with van der Waals surface area (Å²) in [4.78, 5) is 16.3. The van der Waals surface area contributed by atoms with Crippen LogP contribution in [0.3, 0.4) is 0 Å². The van der Waals surface area contributed by atoms with Gasteiger partial charge in [-0.1, -0.05) is 30.6 Å². The third kappa shape index (κ3) is 3.71. The van der Waals surface area contributed by atoms with Crippen molar-refractivity contribution in [2.24, 2.45) is 0 Å². The second kappa shape index (κ2) is 6.41. The van der Waals surface area contributed by atoms with Crippen molar-refractivity contribution < 1.29 is 9.53 Å². The van der Waals surface area contributed by atoms with Gasteiger partial charge in [0.05, 0.1) is 16.3 Å². The zero-order valence-electron chi connectivity index (χ0n) is 11.8. The topological polar surface area (TPSA) is 77.2 Å². The molecule has 1 aliphatic carbocycles. The molecule has 0 unspecified atom stereocenters. The van der Waals surface area contributed by atoms with Gasteiger partial charge in [0.15, 0.2) is 5.13 Å². The van der Waals surface area contributed by atoms with Gasteiger partial charge >= 0.3 is 0 Å². The average Bonchev–Trinajstić information content (AvgIpc) is 2.87. The van der Waals surface area contributed by atoms with Crippen LogP contribution in [0.2, 0.25) is 0 Å². The van der Waals surface area contributed by atoms with E-state index in [2.05, 4.69) is 10.3 Å². The van der Waals surface area contributed by atoms with Crippen LogP contribution in [0.1, 0.15) is 32.1 Å². The maximum atomic E-state index is 11.9. The summed E-state index contributed by atoms with van der Waals surface area (Å²) in [6.07, 6.45) is 6.04.